The van der Waals surface area contributed by atoms with Gasteiger partial charge in [0.15, 0.2) is 11.6 Å². The smallest absolute Gasteiger partial charge is 0.231 e. The number of carbonyl (C=O) groups is 1. The first-order chi connectivity index (χ1) is 14.1. The fraction of sp³-hybridized carbons (Fsp3) is 0.375. The van der Waals surface area contributed by atoms with Gasteiger partial charge in [-0.25, -0.2) is 0 Å². The second-order valence-electron chi connectivity index (χ2n) is 7.99. The van der Waals surface area contributed by atoms with E-state index in [9.17, 15) is 4.79 Å². The van der Waals surface area contributed by atoms with Crippen molar-refractivity contribution in [1.82, 2.24) is 15.0 Å². The average molecular weight is 389 g/mol. The number of rotatable bonds is 6. The summed E-state index contributed by atoms with van der Waals surface area (Å²) in [5.41, 5.74) is 4.44. The van der Waals surface area contributed by atoms with Crippen LogP contribution in [-0.2, 0) is 13.0 Å². The van der Waals surface area contributed by atoms with E-state index in [0.29, 0.717) is 18.9 Å². The normalized spacial score (nSPS) is 15.5. The van der Waals surface area contributed by atoms with Crippen molar-refractivity contribution >= 4 is 5.78 Å². The minimum atomic E-state index is 0.107. The van der Waals surface area contributed by atoms with Crippen LogP contribution in [0.1, 0.15) is 51.6 Å². The fourth-order valence-electron chi connectivity index (χ4n) is 3.90. The third-order valence-corrected chi connectivity index (χ3v) is 5.77. The first kappa shape index (κ1) is 19.5. The lowest BCUT2D eigenvalue weighted by Crippen LogP contribution is -2.36. The van der Waals surface area contributed by atoms with Gasteiger partial charge in [-0.3, -0.25) is 9.69 Å². The molecule has 29 heavy (non-hydrogen) atoms. The van der Waals surface area contributed by atoms with Gasteiger partial charge in [-0.1, -0.05) is 59.3 Å². The predicted octanol–water partition coefficient (Wildman–Crippen LogP) is 4.37. The van der Waals surface area contributed by atoms with E-state index in [0.717, 1.165) is 37.3 Å². The molecule has 0 amide bonds. The molecule has 0 spiro atoms. The lowest BCUT2D eigenvalue weighted by atomic mass is 9.88. The molecule has 0 bridgehead atoms. The number of aryl methyl sites for hydroxylation is 2. The van der Waals surface area contributed by atoms with Crippen molar-refractivity contribution in [1.29, 1.82) is 0 Å². The van der Waals surface area contributed by atoms with Crippen molar-refractivity contribution in [3.05, 3.63) is 82.5 Å². The Morgan fingerprint density at radius 3 is 2.52 bits per heavy atom. The summed E-state index contributed by atoms with van der Waals surface area (Å²) in [6, 6.07) is 16.1. The molecular weight excluding hydrogens is 362 g/mol. The second-order valence-corrected chi connectivity index (χ2v) is 7.99. The number of likely N-dealkylation sites (tertiary alicyclic amines) is 1. The number of aromatic nitrogens is 2. The van der Waals surface area contributed by atoms with Crippen LogP contribution >= 0.6 is 0 Å². The Morgan fingerprint density at radius 1 is 1.07 bits per heavy atom. The summed E-state index contributed by atoms with van der Waals surface area (Å²) in [7, 11) is 0. The van der Waals surface area contributed by atoms with Crippen molar-refractivity contribution in [3.63, 3.8) is 0 Å². The van der Waals surface area contributed by atoms with Gasteiger partial charge in [0, 0.05) is 11.5 Å². The molecule has 2 heterocycles. The van der Waals surface area contributed by atoms with Gasteiger partial charge in [0.25, 0.3) is 0 Å². The van der Waals surface area contributed by atoms with Crippen molar-refractivity contribution in [2.24, 2.45) is 5.92 Å². The number of ketones is 1. The van der Waals surface area contributed by atoms with Crippen molar-refractivity contribution in [2.75, 3.05) is 13.1 Å². The number of carbonyl (C=O) groups excluding carboxylic acids is 1. The molecule has 150 valence electrons. The van der Waals surface area contributed by atoms with E-state index in [4.69, 9.17) is 4.52 Å². The Balaban J connectivity index is 1.30. The van der Waals surface area contributed by atoms with Crippen LogP contribution in [0, 0.1) is 19.8 Å². The number of piperidine rings is 1. The molecule has 1 saturated heterocycles. The first-order valence-corrected chi connectivity index (χ1v) is 10.3. The molecule has 0 radical (unpaired) electrons. The topological polar surface area (TPSA) is 59.2 Å². The van der Waals surface area contributed by atoms with Crippen molar-refractivity contribution < 1.29 is 9.32 Å². The zero-order valence-electron chi connectivity index (χ0n) is 17.1. The maximum absolute atomic E-state index is 12.7. The Labute approximate surface area is 171 Å². The summed E-state index contributed by atoms with van der Waals surface area (Å²) >= 11 is 0. The molecule has 5 heteroatoms. The number of nitrogens with zero attached hydrogens (tertiary/aromatic N) is 3. The Hall–Kier alpha value is -2.79. The van der Waals surface area contributed by atoms with Crippen LogP contribution < -0.4 is 0 Å². The van der Waals surface area contributed by atoms with Crippen LogP contribution in [0.2, 0.25) is 0 Å². The standard InChI is InChI=1S/C24H27N3O2/c1-17-7-9-19(10-8-17)24(28)20-11-13-27(14-12-20)16-22-25-23(29-26-22)15-21-6-4-3-5-18(21)2/h3-10,20H,11-16H2,1-2H3. The molecule has 0 N–H and O–H groups in total. The van der Waals surface area contributed by atoms with E-state index < -0.39 is 0 Å². The second kappa shape index (κ2) is 8.70. The minimum absolute atomic E-state index is 0.107. The zero-order valence-corrected chi connectivity index (χ0v) is 17.1. The summed E-state index contributed by atoms with van der Waals surface area (Å²) in [4.78, 5) is 19.6. The largest absolute Gasteiger partial charge is 0.339 e. The third-order valence-electron chi connectivity index (χ3n) is 5.77. The zero-order chi connectivity index (χ0) is 20.2. The molecule has 5 nitrogen and oxygen atoms in total. The number of hydrogen-bond donors (Lipinski definition) is 0. The van der Waals surface area contributed by atoms with Crippen LogP contribution in [0.5, 0.6) is 0 Å². The van der Waals surface area contributed by atoms with Crippen LogP contribution in [0.4, 0.5) is 0 Å². The molecular formula is C24H27N3O2. The van der Waals surface area contributed by atoms with E-state index in [1.807, 2.05) is 43.3 Å². The van der Waals surface area contributed by atoms with Gasteiger partial charge in [-0.15, -0.1) is 0 Å². The van der Waals surface area contributed by atoms with Gasteiger partial charge >= 0.3 is 0 Å². The van der Waals surface area contributed by atoms with E-state index in [1.54, 1.807) is 0 Å². The SMILES string of the molecule is Cc1ccc(C(=O)C2CCN(Cc3noc(Cc4ccccc4C)n3)CC2)cc1. The monoisotopic (exact) mass is 389 g/mol. The predicted molar refractivity (Wildman–Crippen MR) is 112 cm³/mol. The molecule has 4 rings (SSSR count). The average Bonchev–Trinajstić information content (AvgIpc) is 3.17. The van der Waals surface area contributed by atoms with Gasteiger partial charge < -0.3 is 4.52 Å². The highest BCUT2D eigenvalue weighted by molar-refractivity contribution is 5.97. The van der Waals surface area contributed by atoms with Gasteiger partial charge in [-0.2, -0.15) is 4.98 Å². The first-order valence-electron chi connectivity index (χ1n) is 10.3. The Bertz CT molecular complexity index is 970. The summed E-state index contributed by atoms with van der Waals surface area (Å²) in [5.74, 6) is 1.75. The van der Waals surface area contributed by atoms with Crippen LogP contribution in [-0.4, -0.2) is 33.9 Å². The van der Waals surface area contributed by atoms with Crippen LogP contribution in [0.3, 0.4) is 0 Å². The van der Waals surface area contributed by atoms with E-state index >= 15 is 0 Å². The molecule has 1 aliphatic rings. The molecule has 1 aromatic heterocycles. The number of benzene rings is 2. The molecule has 1 aliphatic heterocycles. The summed E-state index contributed by atoms with van der Waals surface area (Å²) < 4.78 is 5.45. The molecule has 1 fully saturated rings. The molecule has 0 atom stereocenters. The van der Waals surface area contributed by atoms with Crippen LogP contribution in [0.15, 0.2) is 53.1 Å². The highest BCUT2D eigenvalue weighted by Gasteiger charge is 2.26. The highest BCUT2D eigenvalue weighted by atomic mass is 16.5. The van der Waals surface area contributed by atoms with Gasteiger partial charge in [0.05, 0.1) is 13.0 Å². The maximum atomic E-state index is 12.7. The summed E-state index contributed by atoms with van der Waals surface area (Å²) in [5, 5.41) is 4.15. The molecule has 0 aliphatic carbocycles. The van der Waals surface area contributed by atoms with E-state index in [1.165, 1.54) is 16.7 Å². The maximum Gasteiger partial charge on any atom is 0.231 e. The van der Waals surface area contributed by atoms with Crippen molar-refractivity contribution in [3.8, 4) is 0 Å². The summed E-state index contributed by atoms with van der Waals surface area (Å²) in [6.45, 7) is 6.56. The quantitative estimate of drug-likeness (QED) is 0.586. The lowest BCUT2D eigenvalue weighted by molar-refractivity contribution is 0.0832. The van der Waals surface area contributed by atoms with Crippen LogP contribution in [0.25, 0.3) is 0 Å². The van der Waals surface area contributed by atoms with E-state index in [-0.39, 0.29) is 11.7 Å². The summed E-state index contributed by atoms with van der Waals surface area (Å²) in [6.07, 6.45) is 2.41. The third kappa shape index (κ3) is 4.80. The van der Waals surface area contributed by atoms with Gasteiger partial charge in [0.2, 0.25) is 5.89 Å². The lowest BCUT2D eigenvalue weighted by Gasteiger charge is -2.30. The molecule has 3 aromatic rings. The Kier molecular flexibility index (Phi) is 5.86. The molecule has 0 saturated carbocycles. The van der Waals surface area contributed by atoms with E-state index in [2.05, 4.69) is 34.1 Å². The fourth-order valence-corrected chi connectivity index (χ4v) is 3.90. The minimum Gasteiger partial charge on any atom is -0.339 e. The van der Waals surface area contributed by atoms with Gasteiger partial charge in [0.1, 0.15) is 0 Å². The van der Waals surface area contributed by atoms with Gasteiger partial charge in [-0.05, 0) is 50.9 Å². The molecule has 2 aromatic carbocycles. The number of hydrogen-bond acceptors (Lipinski definition) is 5. The van der Waals surface area contributed by atoms with Crippen molar-refractivity contribution in [2.45, 2.75) is 39.7 Å². The molecule has 0 unspecified atom stereocenters. The number of Topliss-reactive ketones (excluding diaryl/α,β-unsaturated/α-hetero) is 1. The Morgan fingerprint density at radius 2 is 1.79 bits per heavy atom. The highest BCUT2D eigenvalue weighted by Crippen LogP contribution is 2.23.